The highest BCUT2D eigenvalue weighted by atomic mass is 16.4. The number of nitrogens with one attached hydrogen (secondary N) is 1. The number of aliphatic carboxylic acids is 1. The van der Waals surface area contributed by atoms with Crippen LogP contribution in [0, 0.1) is 5.92 Å². The van der Waals surface area contributed by atoms with Gasteiger partial charge in [-0.2, -0.15) is 0 Å². The van der Waals surface area contributed by atoms with E-state index < -0.39 is 5.97 Å². The molecule has 1 aromatic rings. The highest BCUT2D eigenvalue weighted by Gasteiger charge is 2.07. The molecule has 7 nitrogen and oxygen atoms in total. The van der Waals surface area contributed by atoms with Crippen LogP contribution in [0.4, 0.5) is 5.95 Å². The molecule has 0 aliphatic heterocycles. The molecule has 7 heteroatoms. The van der Waals surface area contributed by atoms with Crippen molar-refractivity contribution in [2.75, 3.05) is 11.9 Å². The quantitative estimate of drug-likeness (QED) is 0.697. The fourth-order valence-corrected chi connectivity index (χ4v) is 1.12. The molecule has 1 unspecified atom stereocenters. The molecule has 0 saturated carbocycles. The van der Waals surface area contributed by atoms with Gasteiger partial charge in [0.25, 0.3) is 0 Å². The number of carbonyl (C=O) groups is 1. The smallest absolute Gasteiger partial charge is 0.303 e. The standard InChI is InChI=1S/C8H15N5O2/c1-6(3-4-7(14)15)5-9-8-10-11-12-13(8)2/h6H,3-5H2,1-2H3,(H,14,15)(H,9,10,12). The van der Waals surface area contributed by atoms with Crippen molar-refractivity contribution >= 4 is 11.9 Å². The van der Waals surface area contributed by atoms with Gasteiger partial charge in [-0.1, -0.05) is 12.0 Å². The van der Waals surface area contributed by atoms with Crippen LogP contribution in [0.15, 0.2) is 0 Å². The first kappa shape index (κ1) is 11.4. The van der Waals surface area contributed by atoms with Crippen molar-refractivity contribution in [3.05, 3.63) is 0 Å². The van der Waals surface area contributed by atoms with Gasteiger partial charge in [-0.3, -0.25) is 4.79 Å². The summed E-state index contributed by atoms with van der Waals surface area (Å²) >= 11 is 0. The van der Waals surface area contributed by atoms with E-state index in [-0.39, 0.29) is 12.3 Å². The fraction of sp³-hybridized carbons (Fsp3) is 0.750. The predicted molar refractivity (Wildman–Crippen MR) is 53.3 cm³/mol. The van der Waals surface area contributed by atoms with Gasteiger partial charge in [-0.25, -0.2) is 4.68 Å². The topological polar surface area (TPSA) is 92.9 Å². The largest absolute Gasteiger partial charge is 0.481 e. The summed E-state index contributed by atoms with van der Waals surface area (Å²) in [5, 5.41) is 22.5. The third kappa shape index (κ3) is 3.92. The summed E-state index contributed by atoms with van der Waals surface area (Å²) in [5.74, 6) is 0.108. The Hall–Kier alpha value is -1.66. The second kappa shape index (κ2) is 5.28. The maximum Gasteiger partial charge on any atom is 0.303 e. The van der Waals surface area contributed by atoms with Gasteiger partial charge >= 0.3 is 5.97 Å². The second-order valence-corrected chi connectivity index (χ2v) is 3.54. The maximum atomic E-state index is 10.3. The number of tetrazole rings is 1. The normalized spacial score (nSPS) is 12.4. The first-order valence-corrected chi connectivity index (χ1v) is 4.77. The van der Waals surface area contributed by atoms with E-state index in [1.807, 2.05) is 6.92 Å². The number of hydrogen-bond donors (Lipinski definition) is 2. The van der Waals surface area contributed by atoms with Gasteiger partial charge in [0, 0.05) is 20.0 Å². The van der Waals surface area contributed by atoms with Crippen molar-refractivity contribution in [1.29, 1.82) is 0 Å². The van der Waals surface area contributed by atoms with E-state index in [4.69, 9.17) is 5.11 Å². The van der Waals surface area contributed by atoms with Gasteiger partial charge in [0.15, 0.2) is 0 Å². The first-order chi connectivity index (χ1) is 7.09. The van der Waals surface area contributed by atoms with Crippen LogP contribution in [0.5, 0.6) is 0 Å². The Balaban J connectivity index is 2.25. The van der Waals surface area contributed by atoms with E-state index in [1.165, 1.54) is 4.68 Å². The average molecular weight is 213 g/mol. The summed E-state index contributed by atoms with van der Waals surface area (Å²) in [4.78, 5) is 10.3. The van der Waals surface area contributed by atoms with Gasteiger partial charge in [-0.15, -0.1) is 0 Å². The number of nitrogens with zero attached hydrogens (tertiary/aromatic N) is 4. The van der Waals surface area contributed by atoms with Gasteiger partial charge < -0.3 is 10.4 Å². The Morgan fingerprint density at radius 3 is 2.93 bits per heavy atom. The van der Waals surface area contributed by atoms with E-state index in [0.717, 1.165) is 0 Å². The summed E-state index contributed by atoms with van der Waals surface area (Å²) in [7, 11) is 1.74. The van der Waals surface area contributed by atoms with E-state index >= 15 is 0 Å². The van der Waals surface area contributed by atoms with Gasteiger partial charge in [0.2, 0.25) is 5.95 Å². The van der Waals surface area contributed by atoms with Crippen LogP contribution >= 0.6 is 0 Å². The number of aryl methyl sites for hydroxylation is 1. The molecule has 1 atom stereocenters. The van der Waals surface area contributed by atoms with Crippen molar-refractivity contribution < 1.29 is 9.90 Å². The molecule has 1 rings (SSSR count). The van der Waals surface area contributed by atoms with Gasteiger partial charge in [0.1, 0.15) is 0 Å². The Labute approximate surface area is 87.5 Å². The zero-order valence-corrected chi connectivity index (χ0v) is 8.84. The number of hydrogen-bond acceptors (Lipinski definition) is 5. The molecule has 0 spiro atoms. The molecule has 0 aliphatic carbocycles. The van der Waals surface area contributed by atoms with Crippen LogP contribution < -0.4 is 5.32 Å². The number of rotatable bonds is 6. The van der Waals surface area contributed by atoms with Crippen LogP contribution in [0.2, 0.25) is 0 Å². The van der Waals surface area contributed by atoms with Crippen molar-refractivity contribution in [3.63, 3.8) is 0 Å². The Morgan fingerprint density at radius 1 is 1.67 bits per heavy atom. The molecule has 1 heterocycles. The molecule has 2 N–H and O–H groups in total. The average Bonchev–Trinajstić information content (AvgIpc) is 2.58. The van der Waals surface area contributed by atoms with Crippen LogP contribution in [0.1, 0.15) is 19.8 Å². The number of aromatic nitrogens is 4. The van der Waals surface area contributed by atoms with E-state index in [0.29, 0.717) is 18.9 Å². The number of carboxylic acid groups (broad SMARTS) is 1. The predicted octanol–water partition coefficient (Wildman–Crippen LogP) is 0.123. The van der Waals surface area contributed by atoms with Crippen LogP contribution in [0.3, 0.4) is 0 Å². The van der Waals surface area contributed by atoms with Crippen LogP contribution in [0.25, 0.3) is 0 Å². The number of carboxylic acids is 1. The first-order valence-electron chi connectivity index (χ1n) is 4.77. The maximum absolute atomic E-state index is 10.3. The van der Waals surface area contributed by atoms with Gasteiger partial charge in [0.05, 0.1) is 0 Å². The molecule has 0 aliphatic rings. The molecule has 1 aromatic heterocycles. The Morgan fingerprint density at radius 2 is 2.40 bits per heavy atom. The SMILES string of the molecule is CC(CCC(=O)O)CNc1nnnn1C. The lowest BCUT2D eigenvalue weighted by molar-refractivity contribution is -0.137. The molecule has 15 heavy (non-hydrogen) atoms. The van der Waals surface area contributed by atoms with Crippen LogP contribution in [-0.4, -0.2) is 37.8 Å². The molecule has 0 aromatic carbocycles. The second-order valence-electron chi connectivity index (χ2n) is 3.54. The molecular formula is C8H15N5O2. The molecule has 0 radical (unpaired) electrons. The summed E-state index contributed by atoms with van der Waals surface area (Å²) in [6.07, 6.45) is 0.841. The zero-order chi connectivity index (χ0) is 11.3. The third-order valence-electron chi connectivity index (χ3n) is 2.08. The summed E-state index contributed by atoms with van der Waals surface area (Å²) in [6.45, 7) is 2.65. The minimum Gasteiger partial charge on any atom is -0.481 e. The molecule has 0 saturated heterocycles. The lowest BCUT2D eigenvalue weighted by atomic mass is 10.1. The lowest BCUT2D eigenvalue weighted by Gasteiger charge is -2.10. The summed E-state index contributed by atoms with van der Waals surface area (Å²) < 4.78 is 1.53. The summed E-state index contributed by atoms with van der Waals surface area (Å²) in [6, 6.07) is 0. The Bertz CT molecular complexity index is 325. The third-order valence-corrected chi connectivity index (χ3v) is 2.08. The molecule has 0 amide bonds. The van der Waals surface area contributed by atoms with Gasteiger partial charge in [-0.05, 0) is 22.8 Å². The van der Waals surface area contributed by atoms with Crippen molar-refractivity contribution in [2.45, 2.75) is 19.8 Å². The molecule has 0 bridgehead atoms. The Kier molecular flexibility index (Phi) is 4.02. The minimum atomic E-state index is -0.762. The lowest BCUT2D eigenvalue weighted by Crippen LogP contribution is -2.15. The van der Waals surface area contributed by atoms with E-state index in [2.05, 4.69) is 20.8 Å². The zero-order valence-electron chi connectivity index (χ0n) is 8.84. The van der Waals surface area contributed by atoms with Crippen molar-refractivity contribution in [2.24, 2.45) is 13.0 Å². The van der Waals surface area contributed by atoms with E-state index in [9.17, 15) is 4.79 Å². The minimum absolute atomic E-state index is 0.194. The van der Waals surface area contributed by atoms with Crippen LogP contribution in [-0.2, 0) is 11.8 Å². The highest BCUT2D eigenvalue weighted by molar-refractivity contribution is 5.66. The summed E-state index contributed by atoms with van der Waals surface area (Å²) in [5.41, 5.74) is 0. The molecular weight excluding hydrogens is 198 g/mol. The highest BCUT2D eigenvalue weighted by Crippen LogP contribution is 2.06. The molecule has 84 valence electrons. The van der Waals surface area contributed by atoms with E-state index in [1.54, 1.807) is 7.05 Å². The molecule has 0 fully saturated rings. The fourth-order valence-electron chi connectivity index (χ4n) is 1.12. The van der Waals surface area contributed by atoms with Crippen molar-refractivity contribution in [1.82, 2.24) is 20.2 Å². The monoisotopic (exact) mass is 213 g/mol. The van der Waals surface area contributed by atoms with Crippen molar-refractivity contribution in [3.8, 4) is 0 Å². The number of anilines is 1.